The van der Waals surface area contributed by atoms with E-state index in [0.29, 0.717) is 24.5 Å². The Kier molecular flexibility index (Phi) is 6.63. The van der Waals surface area contributed by atoms with Crippen molar-refractivity contribution in [3.63, 3.8) is 0 Å². The van der Waals surface area contributed by atoms with Gasteiger partial charge in [-0.15, -0.1) is 0 Å². The second-order valence-electron chi connectivity index (χ2n) is 9.45. The first kappa shape index (κ1) is 22.2. The van der Waals surface area contributed by atoms with Crippen molar-refractivity contribution in [2.45, 2.75) is 70.1 Å². The number of amides is 1. The highest BCUT2D eigenvalue weighted by Gasteiger charge is 2.50. The summed E-state index contributed by atoms with van der Waals surface area (Å²) >= 11 is 0. The summed E-state index contributed by atoms with van der Waals surface area (Å²) in [5.41, 5.74) is 0.269. The molecule has 1 aromatic rings. The molecule has 170 valence electrons. The molecule has 3 aliphatic heterocycles. The summed E-state index contributed by atoms with van der Waals surface area (Å²) in [6.07, 6.45) is 4.97. The molecule has 2 bridgehead atoms. The first-order chi connectivity index (χ1) is 14.9. The molecular weight excluding hydrogens is 401 g/mol. The highest BCUT2D eigenvalue weighted by Crippen LogP contribution is 2.44. The average molecular weight is 434 g/mol. The Morgan fingerprint density at radius 1 is 1.29 bits per heavy atom. The Balaban J connectivity index is 1.63. The van der Waals surface area contributed by atoms with E-state index in [1.165, 1.54) is 6.07 Å². The molecular formula is C24H32FNO5. The predicted molar refractivity (Wildman–Crippen MR) is 113 cm³/mol. The van der Waals surface area contributed by atoms with Crippen molar-refractivity contribution < 1.29 is 28.2 Å². The minimum absolute atomic E-state index is 0.0111. The fourth-order valence-electron chi connectivity index (χ4n) is 5.75. The van der Waals surface area contributed by atoms with Gasteiger partial charge in [-0.2, -0.15) is 0 Å². The topological polar surface area (TPSA) is 65.1 Å². The van der Waals surface area contributed by atoms with Crippen molar-refractivity contribution in [2.24, 2.45) is 5.41 Å². The van der Waals surface area contributed by atoms with Gasteiger partial charge in [-0.25, -0.2) is 4.39 Å². The van der Waals surface area contributed by atoms with Gasteiger partial charge in [0.1, 0.15) is 24.5 Å². The number of ether oxygens (including phenoxy) is 3. The molecule has 3 atom stereocenters. The van der Waals surface area contributed by atoms with Gasteiger partial charge in [0, 0.05) is 17.0 Å². The van der Waals surface area contributed by atoms with Crippen molar-refractivity contribution in [1.82, 2.24) is 4.90 Å². The third kappa shape index (κ3) is 4.48. The maximum Gasteiger partial charge on any atom is 0.261 e. The summed E-state index contributed by atoms with van der Waals surface area (Å²) in [4.78, 5) is 25.8. The van der Waals surface area contributed by atoms with Gasteiger partial charge in [-0.1, -0.05) is 13.0 Å². The van der Waals surface area contributed by atoms with Crippen molar-refractivity contribution in [1.29, 1.82) is 0 Å². The second kappa shape index (κ2) is 9.25. The third-order valence-electron chi connectivity index (χ3n) is 7.22. The number of aldehydes is 1. The van der Waals surface area contributed by atoms with E-state index in [0.717, 1.165) is 38.4 Å². The molecule has 7 heteroatoms. The lowest BCUT2D eigenvalue weighted by Crippen LogP contribution is -2.50. The summed E-state index contributed by atoms with van der Waals surface area (Å²) in [7, 11) is 0. The van der Waals surface area contributed by atoms with Crippen LogP contribution in [0.5, 0.6) is 5.75 Å². The van der Waals surface area contributed by atoms with E-state index in [2.05, 4.69) is 6.92 Å². The van der Waals surface area contributed by atoms with E-state index in [1.54, 1.807) is 12.1 Å². The summed E-state index contributed by atoms with van der Waals surface area (Å²) in [6, 6.07) is 4.68. The number of fused-ring (bicyclic) bond motifs is 5. The third-order valence-corrected chi connectivity index (χ3v) is 7.22. The van der Waals surface area contributed by atoms with Crippen molar-refractivity contribution in [3.8, 4) is 5.75 Å². The summed E-state index contributed by atoms with van der Waals surface area (Å²) in [5.74, 6) is 0.142. The van der Waals surface area contributed by atoms with Crippen LogP contribution in [0.25, 0.3) is 0 Å². The van der Waals surface area contributed by atoms with Gasteiger partial charge in [-0.05, 0) is 57.1 Å². The van der Waals surface area contributed by atoms with Crippen molar-refractivity contribution in [3.05, 3.63) is 29.6 Å². The Labute approximate surface area is 183 Å². The van der Waals surface area contributed by atoms with Crippen LogP contribution in [0.2, 0.25) is 0 Å². The van der Waals surface area contributed by atoms with Gasteiger partial charge in [0.05, 0.1) is 25.4 Å². The molecule has 1 aliphatic carbocycles. The first-order valence-electron chi connectivity index (χ1n) is 11.3. The highest BCUT2D eigenvalue weighted by molar-refractivity contribution is 5.79. The highest BCUT2D eigenvalue weighted by atomic mass is 19.1. The summed E-state index contributed by atoms with van der Waals surface area (Å²) in [5, 5.41) is 0. The normalized spacial score (nSPS) is 33.5. The summed E-state index contributed by atoms with van der Waals surface area (Å²) < 4.78 is 32.5. The lowest BCUT2D eigenvalue weighted by Gasteiger charge is -2.37. The SMILES string of the molecule is C[C@@H]1C[C@@](C)(COCC=O)[C@@H]2COC3CCC(CC3)c3c(F)cccc3OCC(=O)N12. The number of halogens is 1. The minimum Gasteiger partial charge on any atom is -0.483 e. The number of carbonyl (C=O) groups is 2. The molecule has 0 radical (unpaired) electrons. The van der Waals surface area contributed by atoms with E-state index in [9.17, 15) is 14.0 Å². The van der Waals surface area contributed by atoms with Crippen LogP contribution in [0.15, 0.2) is 18.2 Å². The molecule has 0 aromatic heterocycles. The number of benzene rings is 1. The molecule has 1 amide bonds. The molecule has 31 heavy (non-hydrogen) atoms. The standard InChI is InChI=1S/C24H32FNO5/c1-16-12-24(2,15-29-11-10-27)21-13-30-18-8-6-17(7-9-18)23-19(25)4-3-5-20(23)31-14-22(28)26(16)21/h3-5,10,16-18,21H,6-9,11-15H2,1-2H3/t16-,17?,18?,21+,24+/m1/s1. The zero-order chi connectivity index (χ0) is 22.0. The van der Waals surface area contributed by atoms with Gasteiger partial charge in [-0.3, -0.25) is 4.79 Å². The molecule has 4 aliphatic rings. The molecule has 1 saturated heterocycles. The van der Waals surface area contributed by atoms with Crippen LogP contribution in [-0.4, -0.2) is 61.7 Å². The average Bonchev–Trinajstić information content (AvgIpc) is 3.01. The maximum atomic E-state index is 14.7. The summed E-state index contributed by atoms with van der Waals surface area (Å²) in [6.45, 7) is 4.83. The van der Waals surface area contributed by atoms with Crippen LogP contribution in [0, 0.1) is 11.2 Å². The van der Waals surface area contributed by atoms with E-state index in [-0.39, 0.29) is 54.5 Å². The van der Waals surface area contributed by atoms with Crippen LogP contribution in [0.3, 0.4) is 0 Å². The van der Waals surface area contributed by atoms with Gasteiger partial charge >= 0.3 is 0 Å². The molecule has 2 fully saturated rings. The van der Waals surface area contributed by atoms with Gasteiger partial charge in [0.15, 0.2) is 6.61 Å². The Bertz CT molecular complexity index is 809. The van der Waals surface area contributed by atoms with Gasteiger partial charge in [0.25, 0.3) is 5.91 Å². The lowest BCUT2D eigenvalue weighted by molar-refractivity contribution is -0.140. The Morgan fingerprint density at radius 3 is 2.81 bits per heavy atom. The van der Waals surface area contributed by atoms with E-state index in [4.69, 9.17) is 14.2 Å². The van der Waals surface area contributed by atoms with Crippen LogP contribution in [0.1, 0.15) is 57.4 Å². The fraction of sp³-hybridized carbons (Fsp3) is 0.667. The molecule has 6 nitrogen and oxygen atoms in total. The Hall–Kier alpha value is -1.99. The zero-order valence-electron chi connectivity index (χ0n) is 18.3. The van der Waals surface area contributed by atoms with Crippen LogP contribution in [-0.2, 0) is 19.1 Å². The number of rotatable bonds is 4. The molecule has 0 N–H and O–H groups in total. The fourth-order valence-corrected chi connectivity index (χ4v) is 5.75. The number of hydrogen-bond acceptors (Lipinski definition) is 5. The minimum atomic E-state index is -0.320. The lowest BCUT2D eigenvalue weighted by atomic mass is 9.81. The predicted octanol–water partition coefficient (Wildman–Crippen LogP) is 3.47. The van der Waals surface area contributed by atoms with E-state index >= 15 is 0 Å². The molecule has 0 spiro atoms. The maximum absolute atomic E-state index is 14.7. The van der Waals surface area contributed by atoms with Crippen LogP contribution < -0.4 is 4.74 Å². The zero-order valence-corrected chi connectivity index (χ0v) is 18.3. The second-order valence-corrected chi connectivity index (χ2v) is 9.45. The quantitative estimate of drug-likeness (QED) is 0.537. The Morgan fingerprint density at radius 2 is 2.06 bits per heavy atom. The number of carbonyl (C=O) groups excluding carboxylic acids is 2. The van der Waals surface area contributed by atoms with Crippen molar-refractivity contribution in [2.75, 3.05) is 26.4 Å². The van der Waals surface area contributed by atoms with Crippen LogP contribution in [0.4, 0.5) is 4.39 Å². The molecule has 1 aromatic carbocycles. The number of nitrogens with zero attached hydrogens (tertiary/aromatic N) is 1. The van der Waals surface area contributed by atoms with Gasteiger partial charge in [0.2, 0.25) is 0 Å². The monoisotopic (exact) mass is 433 g/mol. The van der Waals surface area contributed by atoms with Gasteiger partial charge < -0.3 is 23.9 Å². The smallest absolute Gasteiger partial charge is 0.261 e. The van der Waals surface area contributed by atoms with E-state index in [1.807, 2.05) is 11.8 Å². The van der Waals surface area contributed by atoms with Crippen LogP contribution >= 0.6 is 0 Å². The molecule has 1 saturated carbocycles. The molecule has 3 heterocycles. The van der Waals surface area contributed by atoms with E-state index < -0.39 is 0 Å². The molecule has 5 rings (SSSR count). The number of hydrogen-bond donors (Lipinski definition) is 0. The first-order valence-corrected chi connectivity index (χ1v) is 11.3. The largest absolute Gasteiger partial charge is 0.483 e. The van der Waals surface area contributed by atoms with Crippen molar-refractivity contribution >= 4 is 12.2 Å². The molecule has 0 unspecified atom stereocenters.